The molecular formula is C13H25N3O4. The van der Waals surface area contributed by atoms with Crippen LogP contribution < -0.4 is 16.0 Å². The van der Waals surface area contributed by atoms with Crippen LogP contribution in [0.3, 0.4) is 0 Å². The second-order valence-corrected chi connectivity index (χ2v) is 5.81. The van der Waals surface area contributed by atoms with Crippen LogP contribution in [0.1, 0.15) is 34.1 Å². The molecular weight excluding hydrogens is 262 g/mol. The molecule has 0 radical (unpaired) electrons. The number of nitrogens with one attached hydrogen (secondary N) is 3. The molecule has 0 bridgehead atoms. The topological polar surface area (TPSA) is 108 Å². The molecule has 0 aliphatic carbocycles. The van der Waals surface area contributed by atoms with Crippen molar-refractivity contribution in [3.8, 4) is 0 Å². The quantitative estimate of drug-likeness (QED) is 0.548. The Morgan fingerprint density at radius 3 is 2.15 bits per heavy atom. The van der Waals surface area contributed by atoms with Gasteiger partial charge in [0.15, 0.2) is 0 Å². The number of carboxylic acid groups (broad SMARTS) is 1. The number of carboxylic acids is 1. The number of carbonyl (C=O) groups excluding carboxylic acids is 2. The van der Waals surface area contributed by atoms with E-state index in [0.717, 1.165) is 0 Å². The van der Waals surface area contributed by atoms with Gasteiger partial charge in [0, 0.05) is 13.6 Å². The van der Waals surface area contributed by atoms with E-state index in [1.807, 2.05) is 13.8 Å². The monoisotopic (exact) mass is 287 g/mol. The van der Waals surface area contributed by atoms with Crippen LogP contribution in [0.2, 0.25) is 0 Å². The summed E-state index contributed by atoms with van der Waals surface area (Å²) >= 11 is 0. The Morgan fingerprint density at radius 2 is 1.75 bits per heavy atom. The molecule has 4 N–H and O–H groups in total. The first-order valence-corrected chi connectivity index (χ1v) is 6.59. The highest BCUT2D eigenvalue weighted by atomic mass is 16.4. The zero-order valence-electron chi connectivity index (χ0n) is 12.7. The highest BCUT2D eigenvalue weighted by molar-refractivity contribution is 5.84. The summed E-state index contributed by atoms with van der Waals surface area (Å²) in [5.41, 5.74) is -0.761. The first-order chi connectivity index (χ1) is 9.10. The minimum atomic E-state index is -1.07. The van der Waals surface area contributed by atoms with E-state index in [4.69, 9.17) is 5.11 Å². The molecule has 1 atom stereocenters. The Labute approximate surface area is 119 Å². The molecule has 0 saturated carbocycles. The van der Waals surface area contributed by atoms with Gasteiger partial charge in [0.2, 0.25) is 5.91 Å². The van der Waals surface area contributed by atoms with Gasteiger partial charge in [0.05, 0.1) is 5.41 Å². The number of hydrogen-bond donors (Lipinski definition) is 4. The second-order valence-electron chi connectivity index (χ2n) is 5.81. The van der Waals surface area contributed by atoms with Crippen molar-refractivity contribution in [3.05, 3.63) is 0 Å². The number of carbonyl (C=O) groups is 3. The molecule has 0 heterocycles. The summed E-state index contributed by atoms with van der Waals surface area (Å²) in [6.07, 6.45) is 0.349. The SMILES string of the molecule is CNC(=O)C(C)(C)CNC(=O)NC(CC(C)C)C(=O)O. The van der Waals surface area contributed by atoms with Gasteiger partial charge < -0.3 is 21.1 Å². The number of urea groups is 1. The van der Waals surface area contributed by atoms with Crippen molar-refractivity contribution in [3.63, 3.8) is 0 Å². The van der Waals surface area contributed by atoms with Gasteiger partial charge >= 0.3 is 12.0 Å². The van der Waals surface area contributed by atoms with Crippen molar-refractivity contribution >= 4 is 17.9 Å². The molecule has 0 aliphatic heterocycles. The van der Waals surface area contributed by atoms with Crippen molar-refractivity contribution in [2.45, 2.75) is 40.2 Å². The van der Waals surface area contributed by atoms with Crippen molar-refractivity contribution in [1.29, 1.82) is 0 Å². The summed E-state index contributed by atoms with van der Waals surface area (Å²) < 4.78 is 0. The third-order valence-electron chi connectivity index (χ3n) is 2.84. The summed E-state index contributed by atoms with van der Waals surface area (Å²) in [5.74, 6) is -1.12. The number of amides is 3. The predicted octanol–water partition coefficient (Wildman–Crippen LogP) is 0.557. The van der Waals surface area contributed by atoms with E-state index in [9.17, 15) is 14.4 Å². The van der Waals surface area contributed by atoms with Crippen molar-refractivity contribution < 1.29 is 19.5 Å². The minimum absolute atomic E-state index is 0.118. The maximum absolute atomic E-state index is 11.7. The maximum atomic E-state index is 11.7. The molecule has 0 aromatic carbocycles. The fourth-order valence-corrected chi connectivity index (χ4v) is 1.62. The fourth-order valence-electron chi connectivity index (χ4n) is 1.62. The molecule has 3 amide bonds. The van der Waals surface area contributed by atoms with Crippen LogP contribution in [0.5, 0.6) is 0 Å². The first-order valence-electron chi connectivity index (χ1n) is 6.59. The lowest BCUT2D eigenvalue weighted by atomic mass is 9.92. The van der Waals surface area contributed by atoms with E-state index in [1.165, 1.54) is 7.05 Å². The van der Waals surface area contributed by atoms with Crippen LogP contribution in [0, 0.1) is 11.3 Å². The molecule has 0 aromatic heterocycles. The summed E-state index contributed by atoms with van der Waals surface area (Å²) in [5, 5.41) is 16.4. The Morgan fingerprint density at radius 1 is 1.20 bits per heavy atom. The Bertz CT molecular complexity index is 367. The number of rotatable bonds is 7. The van der Waals surface area contributed by atoms with Crippen LogP contribution in [0.25, 0.3) is 0 Å². The largest absolute Gasteiger partial charge is 0.480 e. The molecule has 7 nitrogen and oxygen atoms in total. The Hall–Kier alpha value is -1.79. The van der Waals surface area contributed by atoms with Crippen LogP contribution in [0.15, 0.2) is 0 Å². The van der Waals surface area contributed by atoms with Gasteiger partial charge in [-0.1, -0.05) is 13.8 Å². The van der Waals surface area contributed by atoms with Gasteiger partial charge in [-0.25, -0.2) is 9.59 Å². The zero-order valence-corrected chi connectivity index (χ0v) is 12.7. The predicted molar refractivity (Wildman–Crippen MR) is 75.3 cm³/mol. The van der Waals surface area contributed by atoms with Gasteiger partial charge in [0.1, 0.15) is 6.04 Å². The Kier molecular flexibility index (Phi) is 7.02. The Balaban J connectivity index is 4.41. The summed E-state index contributed by atoms with van der Waals surface area (Å²) in [6, 6.07) is -1.52. The lowest BCUT2D eigenvalue weighted by molar-refractivity contribution is -0.139. The number of aliphatic carboxylic acids is 1. The lowest BCUT2D eigenvalue weighted by Crippen LogP contribution is -2.50. The average Bonchev–Trinajstić information content (AvgIpc) is 2.34. The van der Waals surface area contributed by atoms with Crippen molar-refractivity contribution in [2.24, 2.45) is 11.3 Å². The van der Waals surface area contributed by atoms with Gasteiger partial charge in [-0.15, -0.1) is 0 Å². The summed E-state index contributed by atoms with van der Waals surface area (Å²) in [6.45, 7) is 7.25. The van der Waals surface area contributed by atoms with Crippen LogP contribution >= 0.6 is 0 Å². The van der Waals surface area contributed by atoms with Crippen molar-refractivity contribution in [1.82, 2.24) is 16.0 Å². The van der Waals surface area contributed by atoms with E-state index < -0.39 is 23.5 Å². The van der Waals surface area contributed by atoms with Gasteiger partial charge in [-0.3, -0.25) is 4.79 Å². The van der Waals surface area contributed by atoms with E-state index in [1.54, 1.807) is 13.8 Å². The van der Waals surface area contributed by atoms with Gasteiger partial charge in [-0.2, -0.15) is 0 Å². The van der Waals surface area contributed by atoms with E-state index >= 15 is 0 Å². The number of hydrogen-bond acceptors (Lipinski definition) is 3. The van der Waals surface area contributed by atoms with Crippen molar-refractivity contribution in [2.75, 3.05) is 13.6 Å². The van der Waals surface area contributed by atoms with Gasteiger partial charge in [-0.05, 0) is 26.2 Å². The highest BCUT2D eigenvalue weighted by Gasteiger charge is 2.28. The fraction of sp³-hybridized carbons (Fsp3) is 0.769. The van der Waals surface area contributed by atoms with Crippen LogP contribution in [-0.2, 0) is 9.59 Å². The average molecular weight is 287 g/mol. The van der Waals surface area contributed by atoms with Crippen LogP contribution in [-0.4, -0.2) is 42.6 Å². The summed E-state index contributed by atoms with van der Waals surface area (Å²) in [7, 11) is 1.52. The molecule has 0 fully saturated rings. The standard InChI is InChI=1S/C13H25N3O4/c1-8(2)6-9(10(17)18)16-12(20)15-7-13(3,4)11(19)14-5/h8-9H,6-7H2,1-5H3,(H,14,19)(H,17,18)(H2,15,16,20). The van der Waals surface area contributed by atoms with E-state index in [2.05, 4.69) is 16.0 Å². The summed E-state index contributed by atoms with van der Waals surface area (Å²) in [4.78, 5) is 34.2. The minimum Gasteiger partial charge on any atom is -0.480 e. The highest BCUT2D eigenvalue weighted by Crippen LogP contribution is 2.13. The van der Waals surface area contributed by atoms with Crippen LogP contribution in [0.4, 0.5) is 4.79 Å². The second kappa shape index (κ2) is 7.72. The normalized spacial score (nSPS) is 12.7. The van der Waals surface area contributed by atoms with E-state index in [0.29, 0.717) is 6.42 Å². The van der Waals surface area contributed by atoms with Gasteiger partial charge in [0.25, 0.3) is 0 Å². The first kappa shape index (κ1) is 18.2. The molecule has 0 aromatic rings. The molecule has 116 valence electrons. The molecule has 20 heavy (non-hydrogen) atoms. The molecule has 0 aliphatic rings. The molecule has 0 saturated heterocycles. The third kappa shape index (κ3) is 6.40. The third-order valence-corrected chi connectivity index (χ3v) is 2.84. The molecule has 0 spiro atoms. The molecule has 7 heteroatoms. The zero-order chi connectivity index (χ0) is 15.9. The molecule has 0 rings (SSSR count). The molecule has 1 unspecified atom stereocenters. The smallest absolute Gasteiger partial charge is 0.326 e. The van der Waals surface area contributed by atoms with E-state index in [-0.39, 0.29) is 18.4 Å². The lowest BCUT2D eigenvalue weighted by Gasteiger charge is -2.24. The maximum Gasteiger partial charge on any atom is 0.326 e.